The van der Waals surface area contributed by atoms with Gasteiger partial charge in [0.25, 0.3) is 0 Å². The van der Waals surface area contributed by atoms with Crippen molar-refractivity contribution in [2.75, 3.05) is 5.75 Å². The predicted octanol–water partition coefficient (Wildman–Crippen LogP) is 3.39. The van der Waals surface area contributed by atoms with Crippen LogP contribution in [0.2, 0.25) is 10.0 Å². The minimum absolute atomic E-state index is 0.164. The Morgan fingerprint density at radius 3 is 2.22 bits per heavy atom. The van der Waals surface area contributed by atoms with Crippen LogP contribution >= 0.6 is 23.2 Å². The van der Waals surface area contributed by atoms with Crippen molar-refractivity contribution in [1.29, 1.82) is 0 Å². The van der Waals surface area contributed by atoms with Crippen molar-refractivity contribution < 1.29 is 13.2 Å². The lowest BCUT2D eigenvalue weighted by molar-refractivity contribution is 0.102. The van der Waals surface area contributed by atoms with Crippen LogP contribution in [0.1, 0.15) is 31.1 Å². The fourth-order valence-electron chi connectivity index (χ4n) is 1.18. The Labute approximate surface area is 117 Å². The highest BCUT2D eigenvalue weighted by molar-refractivity contribution is 7.93. The molecule has 0 atom stereocenters. The zero-order valence-corrected chi connectivity index (χ0v) is 12.7. The van der Waals surface area contributed by atoms with Gasteiger partial charge in [-0.15, -0.1) is 0 Å². The largest absolute Gasteiger partial charge is 0.293 e. The number of halogens is 2. The first-order valence-corrected chi connectivity index (χ1v) is 7.66. The third-order valence-electron chi connectivity index (χ3n) is 2.49. The lowest BCUT2D eigenvalue weighted by Crippen LogP contribution is -2.33. The van der Waals surface area contributed by atoms with Crippen molar-refractivity contribution in [3.05, 3.63) is 33.8 Å². The molecule has 0 aromatic heterocycles. The number of benzene rings is 1. The molecule has 100 valence electrons. The van der Waals surface area contributed by atoms with E-state index >= 15 is 0 Å². The van der Waals surface area contributed by atoms with Gasteiger partial charge in [0.1, 0.15) is 5.75 Å². The van der Waals surface area contributed by atoms with E-state index in [9.17, 15) is 13.2 Å². The molecule has 0 radical (unpaired) electrons. The number of hydrogen-bond donors (Lipinski definition) is 0. The molecule has 0 aliphatic rings. The number of hydrogen-bond acceptors (Lipinski definition) is 3. The molecule has 0 aliphatic carbocycles. The molecule has 1 aromatic carbocycles. The van der Waals surface area contributed by atoms with E-state index < -0.39 is 26.1 Å². The van der Waals surface area contributed by atoms with E-state index in [1.54, 1.807) is 20.8 Å². The average Bonchev–Trinajstić information content (AvgIpc) is 2.14. The monoisotopic (exact) mass is 308 g/mol. The fourth-order valence-corrected chi connectivity index (χ4v) is 2.63. The van der Waals surface area contributed by atoms with Gasteiger partial charge in [0.15, 0.2) is 15.6 Å². The molecule has 0 saturated heterocycles. The highest BCUT2D eigenvalue weighted by Gasteiger charge is 2.31. The molecule has 0 heterocycles. The Balaban J connectivity index is 3.04. The zero-order valence-electron chi connectivity index (χ0n) is 10.3. The Morgan fingerprint density at radius 2 is 1.78 bits per heavy atom. The summed E-state index contributed by atoms with van der Waals surface area (Å²) in [5, 5.41) is 0.562. The summed E-state index contributed by atoms with van der Waals surface area (Å²) < 4.78 is 22.9. The molecule has 0 N–H and O–H groups in total. The van der Waals surface area contributed by atoms with E-state index in [0.717, 1.165) is 0 Å². The maximum atomic E-state index is 11.9. The van der Waals surface area contributed by atoms with Gasteiger partial charge in [-0.05, 0) is 39.0 Å². The first-order valence-electron chi connectivity index (χ1n) is 5.25. The van der Waals surface area contributed by atoms with Gasteiger partial charge in [-0.25, -0.2) is 8.42 Å². The van der Waals surface area contributed by atoms with E-state index in [2.05, 4.69) is 0 Å². The lowest BCUT2D eigenvalue weighted by atomic mass is 10.1. The van der Waals surface area contributed by atoms with Crippen molar-refractivity contribution in [2.45, 2.75) is 25.5 Å². The molecule has 0 amide bonds. The van der Waals surface area contributed by atoms with Gasteiger partial charge in [0.2, 0.25) is 0 Å². The van der Waals surface area contributed by atoms with Crippen molar-refractivity contribution >= 4 is 38.8 Å². The summed E-state index contributed by atoms with van der Waals surface area (Å²) in [6.07, 6.45) is 0. The van der Waals surface area contributed by atoms with Gasteiger partial charge in [0, 0.05) is 10.6 Å². The maximum absolute atomic E-state index is 11.9. The minimum Gasteiger partial charge on any atom is -0.293 e. The van der Waals surface area contributed by atoms with Crippen LogP contribution in [0.25, 0.3) is 0 Å². The second kappa shape index (κ2) is 5.19. The minimum atomic E-state index is -3.51. The van der Waals surface area contributed by atoms with Gasteiger partial charge < -0.3 is 0 Å². The maximum Gasteiger partial charge on any atom is 0.179 e. The van der Waals surface area contributed by atoms with E-state index in [-0.39, 0.29) is 10.6 Å². The summed E-state index contributed by atoms with van der Waals surface area (Å²) >= 11 is 11.6. The molecule has 0 spiro atoms. The number of carbonyl (C=O) groups excluding carboxylic acids is 1. The van der Waals surface area contributed by atoms with Gasteiger partial charge in [-0.3, -0.25) is 4.79 Å². The molecule has 0 bridgehead atoms. The topological polar surface area (TPSA) is 51.2 Å². The molecular formula is C12H14Cl2O3S. The summed E-state index contributed by atoms with van der Waals surface area (Å²) in [7, 11) is -3.51. The molecule has 3 nitrogen and oxygen atoms in total. The summed E-state index contributed by atoms with van der Waals surface area (Å²) in [6.45, 7) is 4.66. The van der Waals surface area contributed by atoms with Gasteiger partial charge in [-0.2, -0.15) is 0 Å². The van der Waals surface area contributed by atoms with Gasteiger partial charge in [0.05, 0.1) is 9.77 Å². The predicted molar refractivity (Wildman–Crippen MR) is 74.3 cm³/mol. The number of rotatable bonds is 3. The van der Waals surface area contributed by atoms with Gasteiger partial charge in [-0.1, -0.05) is 23.2 Å². The summed E-state index contributed by atoms with van der Waals surface area (Å²) in [6, 6.07) is 4.36. The van der Waals surface area contributed by atoms with Crippen LogP contribution < -0.4 is 0 Å². The van der Waals surface area contributed by atoms with E-state index in [4.69, 9.17) is 23.2 Å². The number of Topliss-reactive ketones (excluding diaryl/α,β-unsaturated/α-hetero) is 1. The van der Waals surface area contributed by atoms with Crippen molar-refractivity contribution in [3.63, 3.8) is 0 Å². The van der Waals surface area contributed by atoms with Crippen molar-refractivity contribution in [1.82, 2.24) is 0 Å². The summed E-state index contributed by atoms with van der Waals surface area (Å²) in [5.74, 6) is -1.08. The Bertz CT molecular complexity index is 571. The third kappa shape index (κ3) is 3.46. The summed E-state index contributed by atoms with van der Waals surface area (Å²) in [4.78, 5) is 11.9. The normalized spacial score (nSPS) is 12.5. The molecule has 6 heteroatoms. The standard InChI is InChI=1S/C12H14Cl2O3S/c1-12(2,3)18(16,17)7-11(15)9-5-4-8(13)6-10(9)14/h4-6H,7H2,1-3H3. The second-order valence-electron chi connectivity index (χ2n) is 4.92. The van der Waals surface area contributed by atoms with Crippen LogP contribution in [0.5, 0.6) is 0 Å². The highest BCUT2D eigenvalue weighted by Crippen LogP contribution is 2.23. The first-order chi connectivity index (χ1) is 8.04. The molecule has 1 aromatic rings. The van der Waals surface area contributed by atoms with Crippen LogP contribution in [-0.2, 0) is 9.84 Å². The molecule has 0 unspecified atom stereocenters. The van der Waals surface area contributed by atoms with Crippen molar-refractivity contribution in [3.8, 4) is 0 Å². The SMILES string of the molecule is CC(C)(C)S(=O)(=O)CC(=O)c1ccc(Cl)cc1Cl. The van der Waals surface area contributed by atoms with Crippen LogP contribution in [0.3, 0.4) is 0 Å². The Hall–Kier alpha value is -0.580. The quantitative estimate of drug-likeness (QED) is 0.804. The van der Waals surface area contributed by atoms with Gasteiger partial charge >= 0.3 is 0 Å². The average molecular weight is 309 g/mol. The van der Waals surface area contributed by atoms with Crippen LogP contribution in [0, 0.1) is 0 Å². The lowest BCUT2D eigenvalue weighted by Gasteiger charge is -2.18. The summed E-state index contributed by atoms with van der Waals surface area (Å²) in [5.41, 5.74) is 0.175. The zero-order chi connectivity index (χ0) is 14.1. The third-order valence-corrected chi connectivity index (χ3v) is 5.54. The highest BCUT2D eigenvalue weighted by atomic mass is 35.5. The number of ketones is 1. The number of sulfone groups is 1. The Kier molecular flexibility index (Phi) is 4.47. The van der Waals surface area contributed by atoms with Crippen LogP contribution in [-0.4, -0.2) is 24.7 Å². The number of carbonyl (C=O) groups is 1. The molecule has 0 fully saturated rings. The molecular weight excluding hydrogens is 295 g/mol. The smallest absolute Gasteiger partial charge is 0.179 e. The second-order valence-corrected chi connectivity index (χ2v) is 8.51. The van der Waals surface area contributed by atoms with Crippen LogP contribution in [0.15, 0.2) is 18.2 Å². The molecule has 0 aliphatic heterocycles. The van der Waals surface area contributed by atoms with Crippen LogP contribution in [0.4, 0.5) is 0 Å². The van der Waals surface area contributed by atoms with Crippen molar-refractivity contribution in [2.24, 2.45) is 0 Å². The molecule has 0 saturated carbocycles. The first kappa shape index (κ1) is 15.5. The van der Waals surface area contributed by atoms with E-state index in [1.165, 1.54) is 18.2 Å². The van der Waals surface area contributed by atoms with E-state index in [0.29, 0.717) is 5.02 Å². The molecule has 1 rings (SSSR count). The fraction of sp³-hybridized carbons (Fsp3) is 0.417. The van der Waals surface area contributed by atoms with E-state index in [1.807, 2.05) is 0 Å². The Morgan fingerprint density at radius 1 is 1.22 bits per heavy atom. The molecule has 18 heavy (non-hydrogen) atoms.